The number of nitrogens with zero attached hydrogens (tertiary/aromatic N) is 2. The highest BCUT2D eigenvalue weighted by atomic mass is 32.2. The molecule has 0 unspecified atom stereocenters. The van der Waals surface area contributed by atoms with Crippen molar-refractivity contribution >= 4 is 10.2 Å². The molecule has 1 atom stereocenters. The van der Waals surface area contributed by atoms with Crippen LogP contribution in [0, 0.1) is 5.92 Å². The van der Waals surface area contributed by atoms with Crippen molar-refractivity contribution in [2.75, 3.05) is 7.05 Å². The van der Waals surface area contributed by atoms with Crippen LogP contribution < -0.4 is 4.72 Å². The Hall–Kier alpha value is -1.80. The molecular weight excluding hydrogens is 350 g/mol. The Kier molecular flexibility index (Phi) is 6.03. The van der Waals surface area contributed by atoms with E-state index in [9.17, 15) is 13.5 Å². The molecule has 6 nitrogen and oxygen atoms in total. The second-order valence-electron chi connectivity index (χ2n) is 6.88. The first kappa shape index (κ1) is 19.0. The fourth-order valence-corrected chi connectivity index (χ4v) is 4.37. The summed E-state index contributed by atoms with van der Waals surface area (Å²) in [5, 5.41) is 9.63. The first-order valence-corrected chi connectivity index (χ1v) is 10.2. The monoisotopic (exact) mass is 375 g/mol. The van der Waals surface area contributed by atoms with Crippen molar-refractivity contribution < 1.29 is 13.5 Å². The Labute approximate surface area is 155 Å². The SMILES string of the molecule is CN(Cc1ccccc1)S(=O)(=O)N[C@H](Cc1ccccn1)C1CC(O)C1. The Morgan fingerprint density at radius 1 is 1.19 bits per heavy atom. The van der Waals surface area contributed by atoms with E-state index in [-0.39, 0.29) is 18.1 Å². The van der Waals surface area contributed by atoms with Crippen molar-refractivity contribution in [3.63, 3.8) is 0 Å². The quantitative estimate of drug-likeness (QED) is 0.736. The van der Waals surface area contributed by atoms with Crippen LogP contribution in [0.25, 0.3) is 0 Å². The van der Waals surface area contributed by atoms with Crippen molar-refractivity contribution in [2.24, 2.45) is 5.92 Å². The number of benzene rings is 1. The minimum absolute atomic E-state index is 0.118. The number of rotatable bonds is 8. The predicted octanol–water partition coefficient (Wildman–Crippen LogP) is 1.73. The van der Waals surface area contributed by atoms with Crippen molar-refractivity contribution in [1.82, 2.24) is 14.0 Å². The van der Waals surface area contributed by atoms with E-state index in [1.165, 1.54) is 4.31 Å². The van der Waals surface area contributed by atoms with E-state index < -0.39 is 10.2 Å². The second kappa shape index (κ2) is 8.26. The van der Waals surface area contributed by atoms with Crippen LogP contribution in [-0.2, 0) is 23.2 Å². The number of hydrogen-bond acceptors (Lipinski definition) is 4. The Bertz CT molecular complexity index is 793. The van der Waals surface area contributed by atoms with Gasteiger partial charge in [0.05, 0.1) is 6.10 Å². The van der Waals surface area contributed by atoms with Crippen molar-refractivity contribution in [2.45, 2.75) is 38.0 Å². The van der Waals surface area contributed by atoms with Crippen LogP contribution in [0.1, 0.15) is 24.1 Å². The Morgan fingerprint density at radius 3 is 2.50 bits per heavy atom. The van der Waals surface area contributed by atoms with Gasteiger partial charge >= 0.3 is 0 Å². The minimum atomic E-state index is -3.64. The number of aliphatic hydroxyl groups excluding tert-OH is 1. The molecule has 2 aromatic rings. The van der Waals surface area contributed by atoms with E-state index in [1.54, 1.807) is 13.2 Å². The largest absolute Gasteiger partial charge is 0.393 e. The predicted molar refractivity (Wildman–Crippen MR) is 100 cm³/mol. The fourth-order valence-electron chi connectivity index (χ4n) is 3.21. The van der Waals surface area contributed by atoms with Crippen LogP contribution in [-0.4, -0.2) is 42.0 Å². The average Bonchev–Trinajstić information content (AvgIpc) is 2.60. The maximum absolute atomic E-state index is 12.8. The standard InChI is InChI=1S/C19H25N3O3S/c1-22(14-15-7-3-2-4-8-15)26(24,25)21-19(16-11-18(23)12-16)13-17-9-5-6-10-20-17/h2-10,16,18-19,21,23H,11-14H2,1H3/t16?,18?,19-/m1/s1. The van der Waals surface area contributed by atoms with E-state index in [0.29, 0.717) is 25.8 Å². The van der Waals surface area contributed by atoms with E-state index >= 15 is 0 Å². The summed E-state index contributed by atoms with van der Waals surface area (Å²) >= 11 is 0. The van der Waals surface area contributed by atoms with Crippen molar-refractivity contribution in [3.05, 3.63) is 66.0 Å². The van der Waals surface area contributed by atoms with E-state index in [0.717, 1.165) is 11.3 Å². The van der Waals surface area contributed by atoms with E-state index in [1.807, 2.05) is 48.5 Å². The van der Waals surface area contributed by atoms with Gasteiger partial charge in [0.2, 0.25) is 0 Å². The number of hydrogen-bond donors (Lipinski definition) is 2. The fraction of sp³-hybridized carbons (Fsp3) is 0.421. The van der Waals surface area contributed by atoms with Crippen LogP contribution in [0.4, 0.5) is 0 Å². The first-order valence-electron chi connectivity index (χ1n) is 8.79. The molecule has 1 aromatic carbocycles. The molecule has 1 aromatic heterocycles. The molecule has 0 amide bonds. The zero-order valence-electron chi connectivity index (χ0n) is 14.8. The molecule has 0 bridgehead atoms. The van der Waals surface area contributed by atoms with Gasteiger partial charge in [-0.05, 0) is 36.5 Å². The smallest absolute Gasteiger partial charge is 0.279 e. The third-order valence-corrected chi connectivity index (χ3v) is 6.38. The molecule has 0 saturated heterocycles. The lowest BCUT2D eigenvalue weighted by atomic mass is 9.76. The molecule has 0 spiro atoms. The number of aliphatic hydroxyl groups is 1. The van der Waals surface area contributed by atoms with Gasteiger partial charge in [0.25, 0.3) is 10.2 Å². The molecular formula is C19H25N3O3S. The third kappa shape index (κ3) is 4.88. The van der Waals surface area contributed by atoms with Gasteiger partial charge in [-0.1, -0.05) is 36.4 Å². The van der Waals surface area contributed by atoms with Crippen LogP contribution in [0.15, 0.2) is 54.7 Å². The van der Waals surface area contributed by atoms with Crippen LogP contribution in [0.2, 0.25) is 0 Å². The molecule has 0 radical (unpaired) electrons. The molecule has 26 heavy (non-hydrogen) atoms. The lowest BCUT2D eigenvalue weighted by Crippen LogP contribution is -2.51. The van der Waals surface area contributed by atoms with Crippen molar-refractivity contribution in [3.8, 4) is 0 Å². The summed E-state index contributed by atoms with van der Waals surface area (Å²) in [6, 6.07) is 14.8. The molecule has 7 heteroatoms. The summed E-state index contributed by atoms with van der Waals surface area (Å²) in [7, 11) is -2.07. The molecule has 1 aliphatic carbocycles. The lowest BCUT2D eigenvalue weighted by molar-refractivity contribution is 0.0279. The Balaban J connectivity index is 1.70. The zero-order valence-corrected chi connectivity index (χ0v) is 15.6. The van der Waals surface area contributed by atoms with Gasteiger partial charge in [0.15, 0.2) is 0 Å². The van der Waals surface area contributed by atoms with Gasteiger partial charge in [-0.3, -0.25) is 4.98 Å². The van der Waals surface area contributed by atoms with Gasteiger partial charge in [-0.2, -0.15) is 17.4 Å². The van der Waals surface area contributed by atoms with E-state index in [2.05, 4.69) is 9.71 Å². The molecule has 1 fully saturated rings. The summed E-state index contributed by atoms with van der Waals surface area (Å²) in [6.45, 7) is 0.305. The van der Waals surface area contributed by atoms with Crippen LogP contribution in [0.5, 0.6) is 0 Å². The highest BCUT2D eigenvalue weighted by molar-refractivity contribution is 7.87. The molecule has 2 N–H and O–H groups in total. The summed E-state index contributed by atoms with van der Waals surface area (Å²) in [4.78, 5) is 4.31. The van der Waals surface area contributed by atoms with Gasteiger partial charge in [-0.15, -0.1) is 0 Å². The molecule has 1 aliphatic rings. The average molecular weight is 375 g/mol. The first-order chi connectivity index (χ1) is 12.4. The summed E-state index contributed by atoms with van der Waals surface area (Å²) in [5.41, 5.74) is 1.77. The lowest BCUT2D eigenvalue weighted by Gasteiger charge is -2.38. The second-order valence-corrected chi connectivity index (χ2v) is 8.69. The maximum Gasteiger partial charge on any atom is 0.279 e. The number of aromatic nitrogens is 1. The summed E-state index contributed by atoms with van der Waals surface area (Å²) < 4.78 is 29.7. The summed E-state index contributed by atoms with van der Waals surface area (Å²) in [5.74, 6) is 0.118. The third-order valence-electron chi connectivity index (χ3n) is 4.83. The normalized spacial score (nSPS) is 21.3. The van der Waals surface area contributed by atoms with Crippen molar-refractivity contribution in [1.29, 1.82) is 0 Å². The van der Waals surface area contributed by atoms with Crippen LogP contribution >= 0.6 is 0 Å². The summed E-state index contributed by atoms with van der Waals surface area (Å²) in [6.07, 6.45) is 3.11. The maximum atomic E-state index is 12.8. The molecule has 1 heterocycles. The van der Waals surface area contributed by atoms with E-state index in [4.69, 9.17) is 0 Å². The van der Waals surface area contributed by atoms with Gasteiger partial charge in [0, 0.05) is 37.9 Å². The van der Waals surface area contributed by atoms with Crippen LogP contribution in [0.3, 0.4) is 0 Å². The molecule has 0 aliphatic heterocycles. The van der Waals surface area contributed by atoms with Gasteiger partial charge in [-0.25, -0.2) is 0 Å². The molecule has 1 saturated carbocycles. The van der Waals surface area contributed by atoms with Gasteiger partial charge < -0.3 is 5.11 Å². The Morgan fingerprint density at radius 2 is 1.88 bits per heavy atom. The highest BCUT2D eigenvalue weighted by Crippen LogP contribution is 2.32. The van der Waals surface area contributed by atoms with Gasteiger partial charge in [0.1, 0.15) is 0 Å². The zero-order chi connectivity index (χ0) is 18.6. The topological polar surface area (TPSA) is 82.5 Å². The highest BCUT2D eigenvalue weighted by Gasteiger charge is 2.37. The molecule has 3 rings (SSSR count). The molecule has 140 valence electrons. The number of nitrogens with one attached hydrogen (secondary N) is 1. The minimum Gasteiger partial charge on any atom is -0.393 e. The number of pyridine rings is 1.